The smallest absolute Gasteiger partial charge is 0.204 e. The molecule has 1 rings (SSSR count). The van der Waals surface area contributed by atoms with Gasteiger partial charge in [-0.25, -0.2) is 0 Å². The van der Waals surface area contributed by atoms with Crippen LogP contribution >= 0.6 is 11.8 Å². The van der Waals surface area contributed by atoms with Crippen molar-refractivity contribution in [1.82, 2.24) is 0 Å². The van der Waals surface area contributed by atoms with Crippen molar-refractivity contribution in [3.8, 4) is 17.2 Å². The topological polar surface area (TPSA) is 46.2 Å². The zero-order chi connectivity index (χ0) is 15.7. The maximum atomic E-state index is 5.54. The fourth-order valence-electron chi connectivity index (χ4n) is 1.86. The third-order valence-electron chi connectivity index (χ3n) is 2.75. The molecule has 6 heteroatoms. The molecule has 0 saturated carbocycles. The lowest BCUT2D eigenvalue weighted by molar-refractivity contribution is -0.120. The van der Waals surface area contributed by atoms with Crippen LogP contribution in [0.3, 0.4) is 0 Å². The van der Waals surface area contributed by atoms with Crippen LogP contribution in [0.25, 0.3) is 0 Å². The molecule has 0 radical (unpaired) electrons. The van der Waals surface area contributed by atoms with Gasteiger partial charge in [-0.1, -0.05) is 0 Å². The molecule has 0 unspecified atom stereocenters. The monoisotopic (exact) mass is 316 g/mol. The summed E-state index contributed by atoms with van der Waals surface area (Å²) in [5.74, 6) is 2.57. The van der Waals surface area contributed by atoms with E-state index in [2.05, 4.69) is 0 Å². The van der Waals surface area contributed by atoms with Gasteiger partial charge in [-0.3, -0.25) is 0 Å². The van der Waals surface area contributed by atoms with Crippen LogP contribution in [0.1, 0.15) is 13.8 Å². The first kappa shape index (κ1) is 17.9. The molecule has 0 heterocycles. The molecule has 0 aliphatic rings. The Hall–Kier alpha value is -1.11. The molecule has 0 N–H and O–H groups in total. The molecule has 1 aromatic rings. The zero-order valence-corrected chi connectivity index (χ0v) is 14.1. The molecule has 120 valence electrons. The van der Waals surface area contributed by atoms with E-state index >= 15 is 0 Å². The van der Waals surface area contributed by atoms with Crippen molar-refractivity contribution in [2.75, 3.05) is 40.3 Å². The molecule has 1 aromatic carbocycles. The van der Waals surface area contributed by atoms with Crippen molar-refractivity contribution >= 4 is 11.8 Å². The van der Waals surface area contributed by atoms with Gasteiger partial charge >= 0.3 is 0 Å². The normalized spacial score (nSPS) is 10.8. The Balaban J connectivity index is 2.87. The lowest BCUT2D eigenvalue weighted by atomic mass is 10.3. The van der Waals surface area contributed by atoms with Crippen LogP contribution in [-0.2, 0) is 9.47 Å². The second kappa shape index (κ2) is 9.76. The summed E-state index contributed by atoms with van der Waals surface area (Å²) in [6, 6.07) is 3.81. The van der Waals surface area contributed by atoms with Gasteiger partial charge in [0.25, 0.3) is 0 Å². The molecule has 0 bridgehead atoms. The van der Waals surface area contributed by atoms with Crippen LogP contribution in [0.15, 0.2) is 17.0 Å². The van der Waals surface area contributed by atoms with E-state index in [0.717, 1.165) is 4.90 Å². The van der Waals surface area contributed by atoms with E-state index in [1.54, 1.807) is 33.1 Å². The van der Waals surface area contributed by atoms with Crippen molar-refractivity contribution < 1.29 is 23.7 Å². The lowest BCUT2D eigenvalue weighted by Crippen LogP contribution is -2.20. The average molecular weight is 316 g/mol. The van der Waals surface area contributed by atoms with Gasteiger partial charge in [0, 0.05) is 19.0 Å². The van der Waals surface area contributed by atoms with E-state index in [9.17, 15) is 0 Å². The van der Waals surface area contributed by atoms with Crippen molar-refractivity contribution in [1.29, 1.82) is 0 Å². The number of hydrogen-bond acceptors (Lipinski definition) is 6. The number of hydrogen-bond donors (Lipinski definition) is 0. The zero-order valence-electron chi connectivity index (χ0n) is 13.3. The van der Waals surface area contributed by atoms with E-state index in [4.69, 9.17) is 23.7 Å². The van der Waals surface area contributed by atoms with E-state index in [0.29, 0.717) is 36.2 Å². The molecule has 0 spiro atoms. The molecule has 0 aliphatic carbocycles. The number of methoxy groups -OCH3 is 3. The van der Waals surface area contributed by atoms with Gasteiger partial charge in [-0.2, -0.15) is 0 Å². The Labute approximate surface area is 130 Å². The molecule has 5 nitrogen and oxygen atoms in total. The van der Waals surface area contributed by atoms with Crippen LogP contribution in [-0.4, -0.2) is 46.6 Å². The highest BCUT2D eigenvalue weighted by atomic mass is 32.2. The highest BCUT2D eigenvalue weighted by Gasteiger charge is 2.18. The molecular formula is C15H24O5S. The van der Waals surface area contributed by atoms with Gasteiger partial charge < -0.3 is 23.7 Å². The van der Waals surface area contributed by atoms with Crippen LogP contribution in [0.4, 0.5) is 0 Å². The summed E-state index contributed by atoms with van der Waals surface area (Å²) < 4.78 is 27.2. The second-order valence-corrected chi connectivity index (χ2v) is 5.05. The summed E-state index contributed by atoms with van der Waals surface area (Å²) in [6.45, 7) is 5.14. The predicted molar refractivity (Wildman–Crippen MR) is 83.9 cm³/mol. The van der Waals surface area contributed by atoms with Crippen molar-refractivity contribution in [3.63, 3.8) is 0 Å². The summed E-state index contributed by atoms with van der Waals surface area (Å²) in [7, 11) is 4.81. The molecule has 21 heavy (non-hydrogen) atoms. The first-order valence-electron chi connectivity index (χ1n) is 6.86. The third-order valence-corrected chi connectivity index (χ3v) is 3.82. The standard InChI is InChI=1S/C15H24O5S/c1-6-19-13(20-7-2)10-21-12-9-8-11(16-3)14(17-4)15(12)18-5/h8-9,13H,6-7,10H2,1-5H3. The first-order valence-corrected chi connectivity index (χ1v) is 7.85. The largest absolute Gasteiger partial charge is 0.493 e. The van der Waals surface area contributed by atoms with Gasteiger partial charge in [0.05, 0.1) is 26.2 Å². The Morgan fingerprint density at radius 3 is 2.00 bits per heavy atom. The Morgan fingerprint density at radius 1 is 0.905 bits per heavy atom. The highest BCUT2D eigenvalue weighted by Crippen LogP contribution is 2.44. The molecular weight excluding hydrogens is 292 g/mol. The van der Waals surface area contributed by atoms with E-state index in [1.165, 1.54) is 0 Å². The molecule has 0 atom stereocenters. The highest BCUT2D eigenvalue weighted by molar-refractivity contribution is 7.99. The van der Waals surface area contributed by atoms with Crippen LogP contribution in [0.2, 0.25) is 0 Å². The minimum atomic E-state index is -0.234. The van der Waals surface area contributed by atoms with Gasteiger partial charge in [0.15, 0.2) is 17.8 Å². The van der Waals surface area contributed by atoms with Crippen LogP contribution in [0, 0.1) is 0 Å². The average Bonchev–Trinajstić information content (AvgIpc) is 2.51. The SMILES string of the molecule is CCOC(CSc1ccc(OC)c(OC)c1OC)OCC. The quantitative estimate of drug-likeness (QED) is 0.488. The summed E-state index contributed by atoms with van der Waals surface area (Å²) in [6.07, 6.45) is -0.234. The Kier molecular flexibility index (Phi) is 8.34. The summed E-state index contributed by atoms with van der Waals surface area (Å²) >= 11 is 1.60. The minimum Gasteiger partial charge on any atom is -0.493 e. The fraction of sp³-hybridized carbons (Fsp3) is 0.600. The van der Waals surface area contributed by atoms with Crippen molar-refractivity contribution in [3.05, 3.63) is 12.1 Å². The first-order chi connectivity index (χ1) is 10.2. The molecule has 0 amide bonds. The summed E-state index contributed by atoms with van der Waals surface area (Å²) in [5.41, 5.74) is 0. The molecule has 0 aliphatic heterocycles. The summed E-state index contributed by atoms with van der Waals surface area (Å²) in [5, 5.41) is 0. The van der Waals surface area contributed by atoms with Crippen molar-refractivity contribution in [2.24, 2.45) is 0 Å². The molecule has 0 aromatic heterocycles. The number of benzene rings is 1. The van der Waals surface area contributed by atoms with Crippen molar-refractivity contribution in [2.45, 2.75) is 25.0 Å². The third kappa shape index (κ3) is 4.98. The van der Waals surface area contributed by atoms with E-state index in [1.807, 2.05) is 26.0 Å². The lowest BCUT2D eigenvalue weighted by Gasteiger charge is -2.18. The fourth-order valence-corrected chi connectivity index (χ4v) is 2.84. The molecule has 0 fully saturated rings. The second-order valence-electron chi connectivity index (χ2n) is 3.98. The van der Waals surface area contributed by atoms with E-state index in [-0.39, 0.29) is 6.29 Å². The number of thioether (sulfide) groups is 1. The molecule has 0 saturated heterocycles. The van der Waals surface area contributed by atoms with Crippen LogP contribution in [0.5, 0.6) is 17.2 Å². The minimum absolute atomic E-state index is 0.234. The van der Waals surface area contributed by atoms with Gasteiger partial charge in [-0.15, -0.1) is 11.8 Å². The predicted octanol–water partition coefficient (Wildman–Crippen LogP) is 3.20. The number of rotatable bonds is 10. The van der Waals surface area contributed by atoms with Gasteiger partial charge in [0.2, 0.25) is 5.75 Å². The maximum absolute atomic E-state index is 5.54. The van der Waals surface area contributed by atoms with E-state index < -0.39 is 0 Å². The Morgan fingerprint density at radius 2 is 1.52 bits per heavy atom. The number of ether oxygens (including phenoxy) is 5. The van der Waals surface area contributed by atoms with Gasteiger partial charge in [0.1, 0.15) is 0 Å². The maximum Gasteiger partial charge on any atom is 0.204 e. The van der Waals surface area contributed by atoms with Crippen LogP contribution < -0.4 is 14.2 Å². The Bertz CT molecular complexity index is 419. The summed E-state index contributed by atoms with van der Waals surface area (Å²) in [4.78, 5) is 0.958. The van der Waals surface area contributed by atoms with Gasteiger partial charge in [-0.05, 0) is 26.0 Å².